The number of rotatable bonds is 9. The molecule has 0 spiro atoms. The van der Waals surface area contributed by atoms with E-state index in [2.05, 4.69) is 29.5 Å². The number of amides is 1. The van der Waals surface area contributed by atoms with E-state index in [0.29, 0.717) is 40.9 Å². The number of hydrogen-bond acceptors (Lipinski definition) is 7. The van der Waals surface area contributed by atoms with Gasteiger partial charge in [-0.2, -0.15) is 11.8 Å². The van der Waals surface area contributed by atoms with E-state index in [4.69, 9.17) is 9.47 Å². The van der Waals surface area contributed by atoms with Crippen molar-refractivity contribution in [2.45, 2.75) is 39.3 Å². The van der Waals surface area contributed by atoms with Crippen molar-refractivity contribution in [3.8, 4) is 0 Å². The van der Waals surface area contributed by atoms with Gasteiger partial charge in [-0.1, -0.05) is 13.8 Å². The van der Waals surface area contributed by atoms with E-state index in [1.807, 2.05) is 22.4 Å². The summed E-state index contributed by atoms with van der Waals surface area (Å²) in [6, 6.07) is 2.34. The van der Waals surface area contributed by atoms with Crippen LogP contribution in [0.5, 0.6) is 0 Å². The number of esters is 1. The summed E-state index contributed by atoms with van der Waals surface area (Å²) in [6.07, 6.45) is 3.75. The summed E-state index contributed by atoms with van der Waals surface area (Å²) in [7, 11) is 2.79. The van der Waals surface area contributed by atoms with Crippen LogP contribution < -0.4 is 10.6 Å². The average Bonchev–Trinajstić information content (AvgIpc) is 3.32. The molecule has 2 N–H and O–H groups in total. The Hall–Kier alpha value is -2.26. The van der Waals surface area contributed by atoms with Crippen LogP contribution in [0.2, 0.25) is 0 Å². The van der Waals surface area contributed by atoms with Crippen molar-refractivity contribution in [3.63, 3.8) is 0 Å². The smallest absolute Gasteiger partial charge is 0.356 e. The van der Waals surface area contributed by atoms with Crippen molar-refractivity contribution in [2.75, 3.05) is 43.0 Å². The minimum absolute atomic E-state index is 0.107. The minimum Gasteiger partial charge on any atom is -0.464 e. The number of nitrogens with zero attached hydrogens (tertiary/aromatic N) is 2. The molecule has 1 fully saturated rings. The number of aromatic nitrogens is 2. The van der Waals surface area contributed by atoms with Gasteiger partial charge in [0.15, 0.2) is 5.69 Å². The zero-order chi connectivity index (χ0) is 21.7. The van der Waals surface area contributed by atoms with E-state index in [1.54, 1.807) is 6.20 Å². The summed E-state index contributed by atoms with van der Waals surface area (Å²) in [5.41, 5.74) is 2.24. The number of thioether (sulfide) groups is 1. The lowest BCUT2D eigenvalue weighted by Gasteiger charge is -2.13. The summed E-state index contributed by atoms with van der Waals surface area (Å²) >= 11 is 1.93. The highest BCUT2D eigenvalue weighted by atomic mass is 32.2. The van der Waals surface area contributed by atoms with E-state index in [-0.39, 0.29) is 12.5 Å². The normalized spacial score (nSPS) is 16.2. The number of pyridine rings is 1. The summed E-state index contributed by atoms with van der Waals surface area (Å²) in [5.74, 6) is 1.80. The van der Waals surface area contributed by atoms with Crippen LogP contribution in [0.4, 0.5) is 11.4 Å². The van der Waals surface area contributed by atoms with E-state index >= 15 is 0 Å². The molecule has 1 unspecified atom stereocenters. The lowest BCUT2D eigenvalue weighted by atomic mass is 10.1. The predicted molar refractivity (Wildman–Crippen MR) is 120 cm³/mol. The molecule has 0 radical (unpaired) electrons. The molecule has 164 valence electrons. The molecule has 0 bridgehead atoms. The third-order valence-electron chi connectivity index (χ3n) is 5.05. The van der Waals surface area contributed by atoms with Crippen molar-refractivity contribution in [2.24, 2.45) is 5.92 Å². The average molecular weight is 435 g/mol. The highest BCUT2D eigenvalue weighted by Crippen LogP contribution is 2.34. The molecule has 0 aromatic carbocycles. The molecule has 0 saturated carbocycles. The number of anilines is 2. The van der Waals surface area contributed by atoms with Crippen molar-refractivity contribution in [1.29, 1.82) is 0 Å². The number of carbonyl (C=O) groups excluding carboxylic acids is 2. The Morgan fingerprint density at radius 1 is 1.37 bits per heavy atom. The number of fused-ring (bicyclic) bond motifs is 1. The zero-order valence-electron chi connectivity index (χ0n) is 18.0. The first-order chi connectivity index (χ1) is 14.4. The standard InChI is InChI=1S/C21H30N4O4S/c1-13(2)5-7-25-19(21(27)29-4)18(24-17(26)11-28-3)16-9-15(10-22-20(16)25)23-14-6-8-30-12-14/h9-10,13-14,23H,5-8,11-12H2,1-4H3,(H,24,26). The van der Waals surface area contributed by atoms with Crippen LogP contribution in [-0.4, -0.2) is 59.8 Å². The molecular weight excluding hydrogens is 404 g/mol. The first-order valence-electron chi connectivity index (χ1n) is 10.2. The van der Waals surface area contributed by atoms with Crippen LogP contribution in [-0.2, 0) is 20.8 Å². The molecule has 3 heterocycles. The van der Waals surface area contributed by atoms with Crippen molar-refractivity contribution < 1.29 is 19.1 Å². The fraction of sp³-hybridized carbons (Fsp3) is 0.571. The second kappa shape index (κ2) is 10.2. The highest BCUT2D eigenvalue weighted by molar-refractivity contribution is 7.99. The maximum absolute atomic E-state index is 12.7. The molecule has 2 aromatic rings. The zero-order valence-corrected chi connectivity index (χ0v) is 18.8. The summed E-state index contributed by atoms with van der Waals surface area (Å²) < 4.78 is 11.8. The van der Waals surface area contributed by atoms with Crippen LogP contribution in [0.25, 0.3) is 11.0 Å². The minimum atomic E-state index is -0.508. The second-order valence-corrected chi connectivity index (χ2v) is 8.98. The Morgan fingerprint density at radius 3 is 2.80 bits per heavy atom. The van der Waals surface area contributed by atoms with E-state index in [1.165, 1.54) is 14.2 Å². The van der Waals surface area contributed by atoms with Gasteiger partial charge < -0.3 is 24.7 Å². The number of carbonyl (C=O) groups is 2. The van der Waals surface area contributed by atoms with Crippen LogP contribution in [0, 0.1) is 5.92 Å². The fourth-order valence-corrected chi connectivity index (χ4v) is 4.69. The molecule has 1 amide bonds. The number of ether oxygens (including phenoxy) is 2. The van der Waals surface area contributed by atoms with Gasteiger partial charge in [0.2, 0.25) is 5.91 Å². The van der Waals surface area contributed by atoms with E-state index < -0.39 is 5.97 Å². The van der Waals surface area contributed by atoms with Crippen LogP contribution in [0.3, 0.4) is 0 Å². The SMILES string of the molecule is COCC(=O)Nc1c(C(=O)OC)n(CCC(C)C)c2ncc(NC3CCSC3)cc12. The molecule has 8 nitrogen and oxygen atoms in total. The second-order valence-electron chi connectivity index (χ2n) is 7.83. The van der Waals surface area contributed by atoms with E-state index in [9.17, 15) is 9.59 Å². The molecule has 1 saturated heterocycles. The molecule has 30 heavy (non-hydrogen) atoms. The van der Waals surface area contributed by atoms with Crippen LogP contribution in [0.15, 0.2) is 12.3 Å². The van der Waals surface area contributed by atoms with Gasteiger partial charge in [-0.25, -0.2) is 9.78 Å². The van der Waals surface area contributed by atoms with E-state index in [0.717, 1.165) is 30.0 Å². The molecule has 3 rings (SSSR count). The van der Waals surface area contributed by atoms with Gasteiger partial charge in [0, 0.05) is 30.8 Å². The summed E-state index contributed by atoms with van der Waals surface area (Å²) in [5, 5.41) is 7.06. The summed E-state index contributed by atoms with van der Waals surface area (Å²) in [4.78, 5) is 29.7. The van der Waals surface area contributed by atoms with Gasteiger partial charge in [-0.3, -0.25) is 4.79 Å². The first kappa shape index (κ1) is 22.4. The first-order valence-corrected chi connectivity index (χ1v) is 11.3. The largest absolute Gasteiger partial charge is 0.464 e. The highest BCUT2D eigenvalue weighted by Gasteiger charge is 2.26. The Kier molecular flexibility index (Phi) is 7.60. The molecule has 1 aliphatic rings. The van der Waals surface area contributed by atoms with Crippen molar-refractivity contribution in [3.05, 3.63) is 18.0 Å². The van der Waals surface area contributed by atoms with Gasteiger partial charge in [0.25, 0.3) is 0 Å². The lowest BCUT2D eigenvalue weighted by molar-refractivity contribution is -0.119. The van der Waals surface area contributed by atoms with Gasteiger partial charge in [-0.15, -0.1) is 0 Å². The molecule has 9 heteroatoms. The Morgan fingerprint density at radius 2 is 2.17 bits per heavy atom. The van der Waals surface area contributed by atoms with Gasteiger partial charge in [0.1, 0.15) is 12.3 Å². The maximum Gasteiger partial charge on any atom is 0.356 e. The van der Waals surface area contributed by atoms with Gasteiger partial charge in [0.05, 0.1) is 24.7 Å². The number of methoxy groups -OCH3 is 2. The quantitative estimate of drug-likeness (QED) is 0.584. The van der Waals surface area contributed by atoms with Crippen molar-refractivity contribution in [1.82, 2.24) is 9.55 Å². The lowest BCUT2D eigenvalue weighted by Crippen LogP contribution is -2.20. The Balaban J connectivity index is 2.10. The summed E-state index contributed by atoms with van der Waals surface area (Å²) in [6.45, 7) is 4.74. The molecular formula is C21H30N4O4S. The fourth-order valence-electron chi connectivity index (χ4n) is 3.54. The maximum atomic E-state index is 12.7. The number of nitrogens with one attached hydrogen (secondary N) is 2. The number of aryl methyl sites for hydroxylation is 1. The Labute approximate surface area is 181 Å². The molecule has 0 aliphatic carbocycles. The third-order valence-corrected chi connectivity index (χ3v) is 6.21. The predicted octanol–water partition coefficient (Wildman–Crippen LogP) is 3.37. The van der Waals surface area contributed by atoms with Crippen molar-refractivity contribution >= 4 is 46.0 Å². The Bertz CT molecular complexity index is 906. The molecule has 1 atom stereocenters. The number of hydrogen-bond donors (Lipinski definition) is 2. The topological polar surface area (TPSA) is 94.5 Å². The van der Waals surface area contributed by atoms with Gasteiger partial charge in [-0.05, 0) is 30.6 Å². The van der Waals surface area contributed by atoms with Crippen LogP contribution >= 0.6 is 11.8 Å². The van der Waals surface area contributed by atoms with Crippen LogP contribution in [0.1, 0.15) is 37.2 Å². The molecule has 2 aromatic heterocycles. The monoisotopic (exact) mass is 434 g/mol. The third kappa shape index (κ3) is 5.07. The van der Waals surface area contributed by atoms with Gasteiger partial charge >= 0.3 is 5.97 Å². The molecule has 1 aliphatic heterocycles.